The van der Waals surface area contributed by atoms with Crippen LogP contribution >= 0.6 is 0 Å². The van der Waals surface area contributed by atoms with Crippen LogP contribution in [-0.2, 0) is 11.3 Å². The summed E-state index contributed by atoms with van der Waals surface area (Å²) in [4.78, 5) is 4.64. The molecule has 0 saturated carbocycles. The molecule has 2 N–H and O–H groups in total. The van der Waals surface area contributed by atoms with Gasteiger partial charge in [-0.15, -0.1) is 0 Å². The Morgan fingerprint density at radius 3 is 2.96 bits per heavy atom. The quantitative estimate of drug-likeness (QED) is 0.606. The molecule has 0 saturated heterocycles. The molecule has 0 amide bonds. The molecule has 1 atom stereocenters. The van der Waals surface area contributed by atoms with Gasteiger partial charge in [0.2, 0.25) is 0 Å². The van der Waals surface area contributed by atoms with Gasteiger partial charge in [-0.05, 0) is 37.6 Å². The molecule has 6 nitrogen and oxygen atoms in total. The summed E-state index contributed by atoms with van der Waals surface area (Å²) in [6.45, 7) is 6.17. The monoisotopic (exact) mass is 315 g/mol. The van der Waals surface area contributed by atoms with Gasteiger partial charge in [0.05, 0.1) is 18.8 Å². The Morgan fingerprint density at radius 2 is 2.26 bits per heavy atom. The van der Waals surface area contributed by atoms with Gasteiger partial charge in [0.1, 0.15) is 0 Å². The number of methoxy groups -OCH3 is 1. The van der Waals surface area contributed by atoms with Gasteiger partial charge >= 0.3 is 0 Å². The second-order valence-electron chi connectivity index (χ2n) is 5.32. The fourth-order valence-electron chi connectivity index (χ4n) is 2.23. The van der Waals surface area contributed by atoms with E-state index in [1.165, 1.54) is 0 Å². The van der Waals surface area contributed by atoms with Crippen molar-refractivity contribution < 1.29 is 4.74 Å². The van der Waals surface area contributed by atoms with Crippen LogP contribution in [0.3, 0.4) is 0 Å². The number of hydrogen-bond acceptors (Lipinski definition) is 3. The lowest BCUT2D eigenvalue weighted by atomic mass is 10.2. The van der Waals surface area contributed by atoms with Gasteiger partial charge in [-0.25, -0.2) is 9.67 Å². The summed E-state index contributed by atoms with van der Waals surface area (Å²) in [5.41, 5.74) is 2.17. The summed E-state index contributed by atoms with van der Waals surface area (Å²) in [6, 6.07) is 10.3. The van der Waals surface area contributed by atoms with E-state index in [4.69, 9.17) is 4.74 Å². The molecule has 0 radical (unpaired) electrons. The number of guanidine groups is 1. The van der Waals surface area contributed by atoms with E-state index >= 15 is 0 Å². The van der Waals surface area contributed by atoms with Crippen LogP contribution in [0.5, 0.6) is 0 Å². The molecule has 23 heavy (non-hydrogen) atoms. The van der Waals surface area contributed by atoms with E-state index in [1.54, 1.807) is 13.3 Å². The summed E-state index contributed by atoms with van der Waals surface area (Å²) >= 11 is 0. The lowest BCUT2D eigenvalue weighted by Crippen LogP contribution is -2.43. The van der Waals surface area contributed by atoms with Crippen molar-refractivity contribution in [2.45, 2.75) is 26.4 Å². The molecule has 2 rings (SSSR count). The molecule has 1 unspecified atom stereocenters. The van der Waals surface area contributed by atoms with Gasteiger partial charge in [0, 0.05) is 32.1 Å². The van der Waals surface area contributed by atoms with Crippen molar-refractivity contribution in [3.05, 3.63) is 48.3 Å². The molecule has 0 aliphatic heterocycles. The molecule has 0 aliphatic carbocycles. The Hall–Kier alpha value is -2.34. The number of aliphatic imine (C=N–C) groups is 1. The SMILES string of the molecule is CCNC(=NCc1cccc(-n2cccn2)c1)NC(C)COC. The molecule has 1 aromatic heterocycles. The first-order valence-corrected chi connectivity index (χ1v) is 7.85. The largest absolute Gasteiger partial charge is 0.383 e. The van der Waals surface area contributed by atoms with Crippen LogP contribution in [0.2, 0.25) is 0 Å². The fourth-order valence-corrected chi connectivity index (χ4v) is 2.23. The zero-order valence-corrected chi connectivity index (χ0v) is 14.0. The van der Waals surface area contributed by atoms with Crippen molar-refractivity contribution in [1.29, 1.82) is 0 Å². The van der Waals surface area contributed by atoms with Crippen molar-refractivity contribution in [2.24, 2.45) is 4.99 Å². The Morgan fingerprint density at radius 1 is 1.39 bits per heavy atom. The summed E-state index contributed by atoms with van der Waals surface area (Å²) in [7, 11) is 1.70. The van der Waals surface area contributed by atoms with E-state index in [1.807, 2.05) is 29.1 Å². The standard InChI is InChI=1S/C17H25N5O/c1-4-18-17(21-14(2)13-23-3)19-12-15-7-5-8-16(11-15)22-10-6-9-20-22/h5-11,14H,4,12-13H2,1-3H3,(H2,18,19,21). The van der Waals surface area contributed by atoms with Crippen molar-refractivity contribution in [3.8, 4) is 5.69 Å². The van der Waals surface area contributed by atoms with E-state index in [0.717, 1.165) is 23.8 Å². The van der Waals surface area contributed by atoms with Gasteiger partial charge < -0.3 is 15.4 Å². The lowest BCUT2D eigenvalue weighted by Gasteiger charge is -2.17. The predicted octanol–water partition coefficient (Wildman–Crippen LogP) is 1.96. The van der Waals surface area contributed by atoms with Gasteiger partial charge in [0.15, 0.2) is 5.96 Å². The summed E-state index contributed by atoms with van der Waals surface area (Å²) < 4.78 is 6.99. The first-order valence-electron chi connectivity index (χ1n) is 7.85. The first kappa shape index (κ1) is 17.0. The highest BCUT2D eigenvalue weighted by Crippen LogP contribution is 2.10. The average molecular weight is 315 g/mol. The van der Waals surface area contributed by atoms with Crippen LogP contribution in [0.1, 0.15) is 19.4 Å². The second kappa shape index (κ2) is 8.95. The fraction of sp³-hybridized carbons (Fsp3) is 0.412. The highest BCUT2D eigenvalue weighted by molar-refractivity contribution is 5.80. The average Bonchev–Trinajstić information content (AvgIpc) is 3.08. The van der Waals surface area contributed by atoms with Crippen LogP contribution in [-0.4, -0.2) is 42.0 Å². The Kier molecular flexibility index (Phi) is 6.62. The second-order valence-corrected chi connectivity index (χ2v) is 5.32. The minimum absolute atomic E-state index is 0.202. The van der Waals surface area contributed by atoms with Crippen molar-refractivity contribution >= 4 is 5.96 Å². The Bertz CT molecular complexity index is 609. The summed E-state index contributed by atoms with van der Waals surface area (Å²) in [5, 5.41) is 10.8. The number of benzene rings is 1. The van der Waals surface area contributed by atoms with Crippen molar-refractivity contribution in [3.63, 3.8) is 0 Å². The van der Waals surface area contributed by atoms with Gasteiger partial charge in [-0.3, -0.25) is 0 Å². The molecular weight excluding hydrogens is 290 g/mol. The van der Waals surface area contributed by atoms with Gasteiger partial charge in [0.25, 0.3) is 0 Å². The molecule has 6 heteroatoms. The smallest absolute Gasteiger partial charge is 0.191 e. The molecular formula is C17H25N5O. The number of nitrogens with one attached hydrogen (secondary N) is 2. The van der Waals surface area contributed by atoms with Crippen LogP contribution in [0.4, 0.5) is 0 Å². The van der Waals surface area contributed by atoms with E-state index in [-0.39, 0.29) is 6.04 Å². The molecule has 2 aromatic rings. The lowest BCUT2D eigenvalue weighted by molar-refractivity contribution is 0.179. The molecule has 124 valence electrons. The Labute approximate surface area is 137 Å². The highest BCUT2D eigenvalue weighted by atomic mass is 16.5. The molecule has 0 spiro atoms. The molecule has 0 fully saturated rings. The number of rotatable bonds is 7. The van der Waals surface area contributed by atoms with Crippen LogP contribution < -0.4 is 10.6 Å². The third-order valence-electron chi connectivity index (χ3n) is 3.24. The van der Waals surface area contributed by atoms with Crippen molar-refractivity contribution in [2.75, 3.05) is 20.3 Å². The van der Waals surface area contributed by atoms with Crippen molar-refractivity contribution in [1.82, 2.24) is 20.4 Å². The van der Waals surface area contributed by atoms with Gasteiger partial charge in [-0.2, -0.15) is 5.10 Å². The van der Waals surface area contributed by atoms with Crippen LogP contribution in [0.25, 0.3) is 5.69 Å². The number of aromatic nitrogens is 2. The molecule has 1 heterocycles. The summed E-state index contributed by atoms with van der Waals surface area (Å²) in [6.07, 6.45) is 3.70. The highest BCUT2D eigenvalue weighted by Gasteiger charge is 2.04. The number of nitrogens with zero attached hydrogens (tertiary/aromatic N) is 3. The first-order chi connectivity index (χ1) is 11.2. The van der Waals surface area contributed by atoms with E-state index in [2.05, 4.69) is 46.7 Å². The van der Waals surface area contributed by atoms with E-state index in [0.29, 0.717) is 13.2 Å². The minimum atomic E-state index is 0.202. The topological polar surface area (TPSA) is 63.5 Å². The minimum Gasteiger partial charge on any atom is -0.383 e. The molecule has 1 aromatic carbocycles. The zero-order valence-electron chi connectivity index (χ0n) is 14.0. The maximum atomic E-state index is 5.15. The van der Waals surface area contributed by atoms with Crippen LogP contribution in [0.15, 0.2) is 47.7 Å². The van der Waals surface area contributed by atoms with Crippen LogP contribution in [0, 0.1) is 0 Å². The summed E-state index contributed by atoms with van der Waals surface area (Å²) in [5.74, 6) is 0.793. The third kappa shape index (κ3) is 5.41. The molecule has 0 aliphatic rings. The zero-order chi connectivity index (χ0) is 16.5. The van der Waals surface area contributed by atoms with E-state index < -0.39 is 0 Å². The number of ether oxygens (including phenoxy) is 1. The maximum Gasteiger partial charge on any atom is 0.191 e. The predicted molar refractivity (Wildman–Crippen MR) is 92.9 cm³/mol. The Balaban J connectivity index is 2.05. The third-order valence-corrected chi connectivity index (χ3v) is 3.24. The van der Waals surface area contributed by atoms with E-state index in [9.17, 15) is 0 Å². The molecule has 0 bridgehead atoms. The maximum absolute atomic E-state index is 5.15. The normalized spacial score (nSPS) is 12.9. The number of hydrogen-bond donors (Lipinski definition) is 2. The van der Waals surface area contributed by atoms with Gasteiger partial charge in [-0.1, -0.05) is 12.1 Å².